The lowest BCUT2D eigenvalue weighted by Gasteiger charge is -2.34. The Hall–Kier alpha value is -3.46. The van der Waals surface area contributed by atoms with Crippen LogP contribution in [0, 0.1) is 6.92 Å². The first-order valence-corrected chi connectivity index (χ1v) is 10.9. The lowest BCUT2D eigenvalue weighted by molar-refractivity contribution is -0.122. The number of hydrogen-bond donors (Lipinski definition) is 1. The van der Waals surface area contributed by atoms with E-state index in [-0.39, 0.29) is 23.5 Å². The van der Waals surface area contributed by atoms with E-state index in [1.165, 1.54) is 5.56 Å². The summed E-state index contributed by atoms with van der Waals surface area (Å²) in [6, 6.07) is 26.9. The summed E-state index contributed by atoms with van der Waals surface area (Å²) in [5, 5.41) is 3.02. The molecule has 2 atom stereocenters. The molecule has 3 aromatic rings. The Morgan fingerprint density at radius 3 is 2.06 bits per heavy atom. The number of carbonyl (C=O) groups is 2. The fraction of sp³-hybridized carbons (Fsp3) is 0.214. The van der Waals surface area contributed by atoms with Gasteiger partial charge in [0.1, 0.15) is 0 Å². The number of Topliss-reactive ketones (excluding diaryl/α,β-unsaturated/α-hetero) is 1. The Bertz CT molecular complexity index is 1160. The van der Waals surface area contributed by atoms with Crippen molar-refractivity contribution in [2.24, 2.45) is 0 Å². The normalized spacial score (nSPS) is 20.9. The van der Waals surface area contributed by atoms with Gasteiger partial charge in [-0.15, -0.1) is 0 Å². The van der Waals surface area contributed by atoms with Crippen molar-refractivity contribution in [1.82, 2.24) is 5.32 Å². The Morgan fingerprint density at radius 1 is 0.710 bits per heavy atom. The van der Waals surface area contributed by atoms with Crippen LogP contribution >= 0.6 is 0 Å². The molecule has 5 rings (SSSR count). The van der Waals surface area contributed by atoms with Gasteiger partial charge >= 0.3 is 0 Å². The summed E-state index contributed by atoms with van der Waals surface area (Å²) in [5.41, 5.74) is 7.30. The van der Waals surface area contributed by atoms with Gasteiger partial charge in [-0.25, -0.2) is 0 Å². The van der Waals surface area contributed by atoms with Gasteiger partial charge in [-0.3, -0.25) is 9.59 Å². The van der Waals surface area contributed by atoms with Gasteiger partial charge < -0.3 is 5.32 Å². The van der Waals surface area contributed by atoms with Gasteiger partial charge in [0.2, 0.25) is 5.91 Å². The second kappa shape index (κ2) is 7.99. The predicted molar refractivity (Wildman–Crippen MR) is 123 cm³/mol. The summed E-state index contributed by atoms with van der Waals surface area (Å²) in [5.74, 6) is 0.101. The number of amides is 1. The second-order valence-electron chi connectivity index (χ2n) is 8.62. The maximum atomic E-state index is 13.2. The Labute approximate surface area is 182 Å². The van der Waals surface area contributed by atoms with Crippen molar-refractivity contribution in [3.05, 3.63) is 107 Å². The number of hydrogen-bond acceptors (Lipinski definition) is 2. The summed E-state index contributed by atoms with van der Waals surface area (Å²) in [6.45, 7) is 2.06. The van der Waals surface area contributed by atoms with Crippen LogP contribution in [0.3, 0.4) is 0 Å². The third-order valence-corrected chi connectivity index (χ3v) is 6.51. The number of carbonyl (C=O) groups excluding carboxylic acids is 2. The quantitative estimate of drug-likeness (QED) is 0.608. The van der Waals surface area contributed by atoms with E-state index in [1.54, 1.807) is 0 Å². The second-order valence-corrected chi connectivity index (χ2v) is 8.62. The van der Waals surface area contributed by atoms with Crippen LogP contribution in [0.2, 0.25) is 0 Å². The zero-order valence-electron chi connectivity index (χ0n) is 17.6. The Kier molecular flexibility index (Phi) is 5.03. The summed E-state index contributed by atoms with van der Waals surface area (Å²) in [6.07, 6.45) is 1.52. The van der Waals surface area contributed by atoms with Crippen LogP contribution in [0.15, 0.2) is 90.1 Å². The molecule has 0 aromatic heterocycles. The molecule has 0 bridgehead atoms. The topological polar surface area (TPSA) is 46.2 Å². The molecular formula is C28H25NO2. The standard InChI is InChI=1S/C28H25NO2/c1-18-7-9-21(10-8-18)23-15-25-28(26(30)16-23)24(17-27(31)29-25)22-13-11-20(12-14-22)19-5-3-2-4-6-19/h2-14,23-24H,15-17H2,1H3,(H,29,31). The lowest BCUT2D eigenvalue weighted by atomic mass is 9.73. The van der Waals surface area contributed by atoms with E-state index >= 15 is 0 Å². The highest BCUT2D eigenvalue weighted by Gasteiger charge is 2.38. The van der Waals surface area contributed by atoms with Crippen molar-refractivity contribution in [3.8, 4) is 11.1 Å². The minimum absolute atomic E-state index is 0.00626. The van der Waals surface area contributed by atoms with E-state index in [0.717, 1.165) is 33.5 Å². The molecule has 1 heterocycles. The number of nitrogens with one attached hydrogen (secondary N) is 1. The van der Waals surface area contributed by atoms with Crippen LogP contribution in [0.4, 0.5) is 0 Å². The van der Waals surface area contributed by atoms with Crippen molar-refractivity contribution in [1.29, 1.82) is 0 Å². The first-order chi connectivity index (χ1) is 15.1. The molecule has 3 nitrogen and oxygen atoms in total. The monoisotopic (exact) mass is 407 g/mol. The first-order valence-electron chi connectivity index (χ1n) is 10.9. The van der Waals surface area contributed by atoms with Crippen molar-refractivity contribution in [3.63, 3.8) is 0 Å². The SMILES string of the molecule is Cc1ccc(C2CC(=O)C3=C(C2)NC(=O)CC3c2ccc(-c3ccccc3)cc2)cc1. The minimum atomic E-state index is -0.167. The van der Waals surface area contributed by atoms with Crippen molar-refractivity contribution in [2.45, 2.75) is 38.0 Å². The van der Waals surface area contributed by atoms with Gasteiger partial charge in [-0.2, -0.15) is 0 Å². The minimum Gasteiger partial charge on any atom is -0.329 e. The maximum absolute atomic E-state index is 13.2. The van der Waals surface area contributed by atoms with Gasteiger partial charge in [-0.1, -0.05) is 84.4 Å². The molecule has 0 saturated heterocycles. The molecule has 2 unspecified atom stereocenters. The van der Waals surface area contributed by atoms with E-state index in [0.29, 0.717) is 19.3 Å². The molecule has 3 heteroatoms. The first kappa shape index (κ1) is 19.5. The number of rotatable bonds is 3. The van der Waals surface area contributed by atoms with Crippen LogP contribution in [0.1, 0.15) is 47.8 Å². The number of allylic oxidation sites excluding steroid dienone is 2. The Balaban J connectivity index is 1.46. The van der Waals surface area contributed by atoms with E-state index < -0.39 is 0 Å². The molecule has 0 fully saturated rings. The van der Waals surface area contributed by atoms with Crippen LogP contribution < -0.4 is 5.32 Å². The van der Waals surface area contributed by atoms with Gasteiger partial charge in [0.05, 0.1) is 0 Å². The van der Waals surface area contributed by atoms with Gasteiger partial charge in [0, 0.05) is 30.0 Å². The highest BCUT2D eigenvalue weighted by molar-refractivity contribution is 6.02. The van der Waals surface area contributed by atoms with E-state index in [2.05, 4.69) is 72.9 Å². The molecule has 31 heavy (non-hydrogen) atoms. The van der Waals surface area contributed by atoms with Crippen molar-refractivity contribution >= 4 is 11.7 Å². The van der Waals surface area contributed by atoms with Crippen LogP contribution in [0.5, 0.6) is 0 Å². The average Bonchev–Trinajstić information content (AvgIpc) is 2.79. The van der Waals surface area contributed by atoms with Gasteiger partial charge in [-0.05, 0) is 41.5 Å². The molecule has 1 N–H and O–H groups in total. The predicted octanol–water partition coefficient (Wildman–Crippen LogP) is 5.67. The molecule has 1 amide bonds. The summed E-state index contributed by atoms with van der Waals surface area (Å²) < 4.78 is 0. The van der Waals surface area contributed by atoms with Crippen LogP contribution in [0.25, 0.3) is 11.1 Å². The zero-order chi connectivity index (χ0) is 21.4. The van der Waals surface area contributed by atoms with Crippen LogP contribution in [-0.4, -0.2) is 11.7 Å². The van der Waals surface area contributed by atoms with Crippen LogP contribution in [-0.2, 0) is 9.59 Å². The number of benzene rings is 3. The van der Waals surface area contributed by atoms with E-state index in [1.807, 2.05) is 18.2 Å². The van der Waals surface area contributed by atoms with Gasteiger partial charge in [0.15, 0.2) is 5.78 Å². The van der Waals surface area contributed by atoms with Crippen molar-refractivity contribution in [2.75, 3.05) is 0 Å². The fourth-order valence-corrected chi connectivity index (χ4v) is 4.86. The third kappa shape index (κ3) is 3.84. The number of ketones is 1. The smallest absolute Gasteiger partial charge is 0.225 e. The molecule has 1 aliphatic heterocycles. The molecular weight excluding hydrogens is 382 g/mol. The molecule has 0 spiro atoms. The van der Waals surface area contributed by atoms with E-state index in [9.17, 15) is 9.59 Å². The zero-order valence-corrected chi connectivity index (χ0v) is 17.6. The molecule has 1 aliphatic carbocycles. The van der Waals surface area contributed by atoms with E-state index in [4.69, 9.17) is 0 Å². The maximum Gasteiger partial charge on any atom is 0.225 e. The average molecular weight is 408 g/mol. The van der Waals surface area contributed by atoms with Crippen molar-refractivity contribution < 1.29 is 9.59 Å². The third-order valence-electron chi connectivity index (χ3n) is 6.51. The summed E-state index contributed by atoms with van der Waals surface area (Å²) in [7, 11) is 0. The summed E-state index contributed by atoms with van der Waals surface area (Å²) >= 11 is 0. The number of aryl methyl sites for hydroxylation is 1. The highest BCUT2D eigenvalue weighted by atomic mass is 16.2. The molecule has 0 saturated carbocycles. The Morgan fingerprint density at radius 2 is 1.35 bits per heavy atom. The largest absolute Gasteiger partial charge is 0.329 e. The molecule has 2 aliphatic rings. The molecule has 3 aromatic carbocycles. The lowest BCUT2D eigenvalue weighted by Crippen LogP contribution is -2.38. The summed E-state index contributed by atoms with van der Waals surface area (Å²) in [4.78, 5) is 25.8. The van der Waals surface area contributed by atoms with Gasteiger partial charge in [0.25, 0.3) is 0 Å². The molecule has 0 radical (unpaired) electrons. The fourth-order valence-electron chi connectivity index (χ4n) is 4.86. The molecule has 154 valence electrons. The highest BCUT2D eigenvalue weighted by Crippen LogP contribution is 2.42.